The van der Waals surface area contributed by atoms with Crippen LogP contribution in [0.2, 0.25) is 5.02 Å². The normalized spacial score (nSPS) is 16.3. The van der Waals surface area contributed by atoms with Crippen LogP contribution in [0.25, 0.3) is 0 Å². The highest BCUT2D eigenvalue weighted by Crippen LogP contribution is 2.28. The van der Waals surface area contributed by atoms with Crippen LogP contribution in [-0.4, -0.2) is 43.8 Å². The number of esters is 1. The lowest BCUT2D eigenvalue weighted by molar-refractivity contribution is -0.125. The second kappa shape index (κ2) is 8.52. The van der Waals surface area contributed by atoms with Crippen molar-refractivity contribution in [1.82, 2.24) is 4.31 Å². The third-order valence-electron chi connectivity index (χ3n) is 4.72. The van der Waals surface area contributed by atoms with E-state index in [0.717, 1.165) is 0 Å². The number of rotatable bonds is 6. The molecule has 29 heavy (non-hydrogen) atoms. The number of nitrogens with one attached hydrogen (secondary N) is 1. The molecule has 1 aliphatic heterocycles. The van der Waals surface area contributed by atoms with Crippen molar-refractivity contribution in [3.63, 3.8) is 0 Å². The molecule has 1 aliphatic rings. The smallest absolute Gasteiger partial charge is 0.339 e. The van der Waals surface area contributed by atoms with Crippen LogP contribution >= 0.6 is 11.6 Å². The largest absolute Gasteiger partial charge is 0.448 e. The first-order chi connectivity index (χ1) is 13.8. The summed E-state index contributed by atoms with van der Waals surface area (Å²) in [6, 6.07) is 11.0. The molecular formula is C20H21ClN2O5S. The summed E-state index contributed by atoms with van der Waals surface area (Å²) < 4.78 is 32.0. The summed E-state index contributed by atoms with van der Waals surface area (Å²) in [5, 5.41) is 2.77. The minimum absolute atomic E-state index is 0.0203. The number of amides is 1. The fraction of sp³-hybridized carbons (Fsp3) is 0.300. The van der Waals surface area contributed by atoms with E-state index in [9.17, 15) is 18.0 Å². The van der Waals surface area contributed by atoms with Crippen molar-refractivity contribution in [3.8, 4) is 0 Å². The molecule has 1 atom stereocenters. The zero-order valence-corrected chi connectivity index (χ0v) is 17.6. The summed E-state index contributed by atoms with van der Waals surface area (Å²) in [6.07, 6.45) is -0.806. The molecule has 0 aromatic heterocycles. The highest BCUT2D eigenvalue weighted by Gasteiger charge is 2.31. The van der Waals surface area contributed by atoms with Crippen LogP contribution in [0.5, 0.6) is 0 Å². The standard InChI is InChI=1S/C20H21ClN2O5S/c1-3-23(4-2)29(26,27)14-9-10-16(21)17(12-14)22-19(24)18-11-13-7-5-6-8-15(13)20(25)28-18/h5-10,12,18H,3-4,11H2,1-2H3,(H,22,24). The first kappa shape index (κ1) is 21.3. The average Bonchev–Trinajstić information content (AvgIpc) is 2.70. The van der Waals surface area contributed by atoms with Gasteiger partial charge in [-0.2, -0.15) is 4.31 Å². The van der Waals surface area contributed by atoms with Gasteiger partial charge in [-0.25, -0.2) is 13.2 Å². The Kier molecular flexibility index (Phi) is 6.26. The van der Waals surface area contributed by atoms with E-state index < -0.39 is 28.0 Å². The van der Waals surface area contributed by atoms with E-state index in [1.165, 1.54) is 22.5 Å². The van der Waals surface area contributed by atoms with Gasteiger partial charge in [0.05, 0.1) is 21.2 Å². The predicted octanol–water partition coefficient (Wildman–Crippen LogP) is 3.09. The molecule has 0 saturated carbocycles. The van der Waals surface area contributed by atoms with Gasteiger partial charge in [0, 0.05) is 19.5 Å². The van der Waals surface area contributed by atoms with Crippen LogP contribution in [-0.2, 0) is 26.0 Å². The van der Waals surface area contributed by atoms with Crippen LogP contribution in [0.1, 0.15) is 29.8 Å². The van der Waals surface area contributed by atoms with Gasteiger partial charge in [-0.15, -0.1) is 0 Å². The Hall–Kier alpha value is -2.42. The SMILES string of the molecule is CCN(CC)S(=O)(=O)c1ccc(Cl)c(NC(=O)C2Cc3ccccc3C(=O)O2)c1. The maximum Gasteiger partial charge on any atom is 0.339 e. The quantitative estimate of drug-likeness (QED) is 0.702. The number of nitrogens with zero attached hydrogens (tertiary/aromatic N) is 1. The summed E-state index contributed by atoms with van der Waals surface area (Å²) in [4.78, 5) is 24.8. The number of hydrogen-bond acceptors (Lipinski definition) is 5. The Morgan fingerprint density at radius 3 is 2.59 bits per heavy atom. The number of sulfonamides is 1. The summed E-state index contributed by atoms with van der Waals surface area (Å²) in [5.41, 5.74) is 1.29. The molecule has 1 unspecified atom stereocenters. The molecule has 1 amide bonds. The van der Waals surface area contributed by atoms with Crippen molar-refractivity contribution in [1.29, 1.82) is 0 Å². The Balaban J connectivity index is 1.84. The molecule has 0 aliphatic carbocycles. The van der Waals surface area contributed by atoms with Crippen molar-refractivity contribution >= 4 is 39.2 Å². The van der Waals surface area contributed by atoms with E-state index in [4.69, 9.17) is 16.3 Å². The van der Waals surface area contributed by atoms with Crippen molar-refractivity contribution < 1.29 is 22.7 Å². The van der Waals surface area contributed by atoms with Crippen LogP contribution in [0.3, 0.4) is 0 Å². The molecule has 7 nitrogen and oxygen atoms in total. The van der Waals surface area contributed by atoms with Crippen LogP contribution < -0.4 is 5.32 Å². The number of benzene rings is 2. The number of anilines is 1. The van der Waals surface area contributed by atoms with Crippen molar-refractivity contribution in [3.05, 3.63) is 58.6 Å². The van der Waals surface area contributed by atoms with E-state index in [1.807, 2.05) is 0 Å². The minimum Gasteiger partial charge on any atom is -0.448 e. The Morgan fingerprint density at radius 2 is 1.90 bits per heavy atom. The predicted molar refractivity (Wildman–Crippen MR) is 110 cm³/mol. The average molecular weight is 437 g/mol. The topological polar surface area (TPSA) is 92.8 Å². The maximum absolute atomic E-state index is 12.7. The molecule has 0 fully saturated rings. The molecule has 2 aromatic carbocycles. The number of ether oxygens (including phenoxy) is 1. The molecule has 154 valence electrons. The van der Waals surface area contributed by atoms with Gasteiger partial charge in [-0.3, -0.25) is 4.79 Å². The minimum atomic E-state index is -3.71. The van der Waals surface area contributed by atoms with Crippen molar-refractivity contribution in [2.75, 3.05) is 18.4 Å². The molecule has 0 radical (unpaired) electrons. The molecule has 0 saturated heterocycles. The van der Waals surface area contributed by atoms with Gasteiger partial charge in [0.15, 0.2) is 6.10 Å². The lowest BCUT2D eigenvalue weighted by Gasteiger charge is -2.24. The summed E-state index contributed by atoms with van der Waals surface area (Å²) in [6.45, 7) is 4.13. The monoisotopic (exact) mass is 436 g/mol. The molecule has 9 heteroatoms. The highest BCUT2D eigenvalue weighted by molar-refractivity contribution is 7.89. The molecule has 1 heterocycles. The zero-order valence-electron chi connectivity index (χ0n) is 16.0. The van der Waals surface area contributed by atoms with Gasteiger partial charge in [-0.05, 0) is 29.8 Å². The fourth-order valence-corrected chi connectivity index (χ4v) is 4.81. The third kappa shape index (κ3) is 4.29. The number of hydrogen-bond donors (Lipinski definition) is 1. The molecule has 0 bridgehead atoms. The number of fused-ring (bicyclic) bond motifs is 1. The fourth-order valence-electron chi connectivity index (χ4n) is 3.16. The Bertz CT molecular complexity index is 1050. The molecule has 3 rings (SSSR count). The van der Waals surface area contributed by atoms with Gasteiger partial charge in [-0.1, -0.05) is 43.6 Å². The van der Waals surface area contributed by atoms with Crippen molar-refractivity contribution in [2.45, 2.75) is 31.3 Å². The van der Waals surface area contributed by atoms with Gasteiger partial charge in [0.25, 0.3) is 5.91 Å². The molecule has 0 spiro atoms. The van der Waals surface area contributed by atoms with Gasteiger partial charge < -0.3 is 10.1 Å². The van der Waals surface area contributed by atoms with E-state index in [-0.39, 0.29) is 22.0 Å². The number of carbonyl (C=O) groups is 2. The molecule has 1 N–H and O–H groups in total. The van der Waals surface area contributed by atoms with Gasteiger partial charge >= 0.3 is 5.97 Å². The lowest BCUT2D eigenvalue weighted by atomic mass is 9.98. The lowest BCUT2D eigenvalue weighted by Crippen LogP contribution is -2.38. The third-order valence-corrected chi connectivity index (χ3v) is 7.10. The molecular weight excluding hydrogens is 416 g/mol. The highest BCUT2D eigenvalue weighted by atomic mass is 35.5. The van der Waals surface area contributed by atoms with Crippen molar-refractivity contribution in [2.24, 2.45) is 0 Å². The zero-order chi connectivity index (χ0) is 21.2. The summed E-state index contributed by atoms with van der Waals surface area (Å²) in [5.74, 6) is -1.15. The van der Waals surface area contributed by atoms with Gasteiger partial charge in [0.1, 0.15) is 0 Å². The number of carbonyl (C=O) groups excluding carboxylic acids is 2. The second-order valence-electron chi connectivity index (χ2n) is 6.48. The Labute approximate surface area is 174 Å². The van der Waals surface area contributed by atoms with Gasteiger partial charge in [0.2, 0.25) is 10.0 Å². The first-order valence-electron chi connectivity index (χ1n) is 9.17. The summed E-state index contributed by atoms with van der Waals surface area (Å²) >= 11 is 6.16. The van der Waals surface area contributed by atoms with Crippen LogP contribution in [0, 0.1) is 0 Å². The van der Waals surface area contributed by atoms with E-state index in [1.54, 1.807) is 38.1 Å². The maximum atomic E-state index is 12.7. The van der Waals surface area contributed by atoms with Crippen LogP contribution in [0.15, 0.2) is 47.4 Å². The number of halogens is 1. The Morgan fingerprint density at radius 1 is 1.21 bits per heavy atom. The second-order valence-corrected chi connectivity index (χ2v) is 8.82. The van der Waals surface area contributed by atoms with E-state index in [0.29, 0.717) is 24.2 Å². The molecule has 2 aromatic rings. The van der Waals surface area contributed by atoms with Crippen LogP contribution in [0.4, 0.5) is 5.69 Å². The number of cyclic esters (lactones) is 1. The van der Waals surface area contributed by atoms with E-state index >= 15 is 0 Å². The van der Waals surface area contributed by atoms with E-state index in [2.05, 4.69) is 5.32 Å². The summed E-state index contributed by atoms with van der Waals surface area (Å²) in [7, 11) is -3.71. The first-order valence-corrected chi connectivity index (χ1v) is 11.0.